The predicted octanol–water partition coefficient (Wildman–Crippen LogP) is 2.92. The lowest BCUT2D eigenvalue weighted by molar-refractivity contribution is -0.138. The number of aliphatic carboxylic acids is 1. The van der Waals surface area contributed by atoms with Gasteiger partial charge < -0.3 is 5.11 Å². The lowest BCUT2D eigenvalue weighted by atomic mass is 10.1. The first-order chi connectivity index (χ1) is 7.02. The third-order valence-corrected chi connectivity index (χ3v) is 3.18. The molecule has 15 heavy (non-hydrogen) atoms. The number of carboxylic acid groups (broad SMARTS) is 1. The van der Waals surface area contributed by atoms with E-state index in [9.17, 15) is 13.6 Å². The first-order valence-corrected chi connectivity index (χ1v) is 5.18. The number of rotatable bonds is 2. The maximum Gasteiger partial charge on any atom is 0.307 e. The van der Waals surface area contributed by atoms with Gasteiger partial charge in [-0.05, 0) is 34.0 Å². The highest BCUT2D eigenvalue weighted by Crippen LogP contribution is 2.48. The van der Waals surface area contributed by atoms with Crippen LogP contribution < -0.4 is 0 Å². The van der Waals surface area contributed by atoms with Crippen molar-refractivity contribution >= 4 is 21.9 Å². The Bertz CT molecular complexity index is 434. The van der Waals surface area contributed by atoms with Crippen molar-refractivity contribution in [2.75, 3.05) is 0 Å². The molecule has 2 nitrogen and oxygen atoms in total. The van der Waals surface area contributed by atoms with Gasteiger partial charge >= 0.3 is 5.97 Å². The van der Waals surface area contributed by atoms with Crippen LogP contribution in [-0.2, 0) is 4.79 Å². The van der Waals surface area contributed by atoms with Crippen molar-refractivity contribution < 1.29 is 18.7 Å². The molecule has 1 N–H and O–H groups in total. The second kappa shape index (κ2) is 3.56. The molecule has 2 atom stereocenters. The van der Waals surface area contributed by atoms with Gasteiger partial charge in [-0.1, -0.05) is 6.07 Å². The molecule has 0 aliphatic heterocycles. The maximum absolute atomic E-state index is 13.4. The molecule has 0 heterocycles. The second-order valence-corrected chi connectivity index (χ2v) is 4.41. The molecule has 0 bridgehead atoms. The van der Waals surface area contributed by atoms with Gasteiger partial charge in [0.25, 0.3) is 0 Å². The summed E-state index contributed by atoms with van der Waals surface area (Å²) in [5.74, 6) is -3.81. The standard InChI is InChI=1S/C10H7BrF2O2/c11-7-2-1-4(8(12)9(7)13)5-3-6(5)10(14)15/h1-2,5-6H,3H2,(H,14,15)/t5-,6+/m0/s1. The molecule has 0 amide bonds. The fraction of sp³-hybridized carbons (Fsp3) is 0.300. The summed E-state index contributed by atoms with van der Waals surface area (Å²) in [5, 5.41) is 8.67. The lowest BCUT2D eigenvalue weighted by Crippen LogP contribution is -2.01. The van der Waals surface area contributed by atoms with Gasteiger partial charge in [-0.2, -0.15) is 0 Å². The maximum atomic E-state index is 13.4. The van der Waals surface area contributed by atoms with Crippen LogP contribution in [0, 0.1) is 17.6 Å². The van der Waals surface area contributed by atoms with E-state index in [1.165, 1.54) is 12.1 Å². The molecule has 0 spiro atoms. The molecule has 2 rings (SSSR count). The third-order valence-electron chi connectivity index (χ3n) is 2.57. The minimum Gasteiger partial charge on any atom is -0.481 e. The molecule has 1 aliphatic rings. The fourth-order valence-electron chi connectivity index (χ4n) is 1.64. The molecular weight excluding hydrogens is 270 g/mol. The molecular formula is C10H7BrF2O2. The van der Waals surface area contributed by atoms with E-state index in [0.29, 0.717) is 6.42 Å². The van der Waals surface area contributed by atoms with E-state index >= 15 is 0 Å². The van der Waals surface area contributed by atoms with Crippen LogP contribution in [0.5, 0.6) is 0 Å². The Hall–Kier alpha value is -0.970. The van der Waals surface area contributed by atoms with E-state index in [-0.39, 0.29) is 16.0 Å². The summed E-state index contributed by atoms with van der Waals surface area (Å²) in [6.07, 6.45) is 0.382. The van der Waals surface area contributed by atoms with E-state index in [1.54, 1.807) is 0 Å². The van der Waals surface area contributed by atoms with Gasteiger partial charge in [0.2, 0.25) is 0 Å². The summed E-state index contributed by atoms with van der Waals surface area (Å²) >= 11 is 2.86. The van der Waals surface area contributed by atoms with Crippen molar-refractivity contribution in [3.05, 3.63) is 33.8 Å². The lowest BCUT2D eigenvalue weighted by Gasteiger charge is -2.03. The zero-order chi connectivity index (χ0) is 11.2. The van der Waals surface area contributed by atoms with Gasteiger partial charge in [-0.25, -0.2) is 8.78 Å². The number of halogens is 3. The van der Waals surface area contributed by atoms with Crippen LogP contribution in [0.15, 0.2) is 16.6 Å². The van der Waals surface area contributed by atoms with Gasteiger partial charge in [-0.15, -0.1) is 0 Å². The molecule has 0 radical (unpaired) electrons. The number of carbonyl (C=O) groups is 1. The van der Waals surface area contributed by atoms with Gasteiger partial charge in [0.05, 0.1) is 10.4 Å². The molecule has 1 aromatic carbocycles. The van der Waals surface area contributed by atoms with Crippen LogP contribution >= 0.6 is 15.9 Å². The summed E-state index contributed by atoms with van der Waals surface area (Å²) in [6, 6.07) is 2.82. The zero-order valence-corrected chi connectivity index (χ0v) is 9.09. The Labute approximate surface area is 93.0 Å². The zero-order valence-electron chi connectivity index (χ0n) is 7.51. The van der Waals surface area contributed by atoms with Crippen molar-refractivity contribution in [1.82, 2.24) is 0 Å². The third kappa shape index (κ3) is 1.76. The van der Waals surface area contributed by atoms with E-state index in [2.05, 4.69) is 15.9 Å². The quantitative estimate of drug-likeness (QED) is 0.844. The monoisotopic (exact) mass is 276 g/mol. The average molecular weight is 277 g/mol. The topological polar surface area (TPSA) is 37.3 Å². The Morgan fingerprint density at radius 1 is 1.40 bits per heavy atom. The molecule has 1 saturated carbocycles. The van der Waals surface area contributed by atoms with Crippen LogP contribution in [0.4, 0.5) is 8.78 Å². The Kier molecular flexibility index (Phi) is 2.50. The van der Waals surface area contributed by atoms with Crippen molar-refractivity contribution in [3.63, 3.8) is 0 Å². The van der Waals surface area contributed by atoms with E-state index in [0.717, 1.165) is 0 Å². The number of hydrogen-bond donors (Lipinski definition) is 1. The molecule has 80 valence electrons. The van der Waals surface area contributed by atoms with Gasteiger partial charge in [-0.3, -0.25) is 4.79 Å². The van der Waals surface area contributed by atoms with Crippen LogP contribution in [0.25, 0.3) is 0 Å². The van der Waals surface area contributed by atoms with Crippen LogP contribution in [0.1, 0.15) is 17.9 Å². The minimum atomic E-state index is -0.956. The van der Waals surface area contributed by atoms with Crippen molar-refractivity contribution in [2.24, 2.45) is 5.92 Å². The number of carboxylic acids is 1. The van der Waals surface area contributed by atoms with Gasteiger partial charge in [0, 0.05) is 5.92 Å². The molecule has 0 aromatic heterocycles. The van der Waals surface area contributed by atoms with E-state index in [4.69, 9.17) is 5.11 Å². The van der Waals surface area contributed by atoms with Crippen LogP contribution in [-0.4, -0.2) is 11.1 Å². The summed E-state index contributed by atoms with van der Waals surface area (Å²) < 4.78 is 26.6. The second-order valence-electron chi connectivity index (χ2n) is 3.55. The summed E-state index contributed by atoms with van der Waals surface area (Å²) in [5.41, 5.74) is 0.156. The summed E-state index contributed by atoms with van der Waals surface area (Å²) in [7, 11) is 0. The normalized spacial score (nSPS) is 23.9. The molecule has 0 saturated heterocycles. The summed E-state index contributed by atoms with van der Waals surface area (Å²) in [4.78, 5) is 10.6. The van der Waals surface area contributed by atoms with E-state index in [1.807, 2.05) is 0 Å². The summed E-state index contributed by atoms with van der Waals surface area (Å²) in [6.45, 7) is 0. The smallest absolute Gasteiger partial charge is 0.307 e. The predicted molar refractivity (Wildman–Crippen MR) is 52.5 cm³/mol. The van der Waals surface area contributed by atoms with Crippen molar-refractivity contribution in [3.8, 4) is 0 Å². The Balaban J connectivity index is 2.32. The van der Waals surface area contributed by atoms with E-state index < -0.39 is 23.5 Å². The molecule has 1 aromatic rings. The Morgan fingerprint density at radius 2 is 2.07 bits per heavy atom. The average Bonchev–Trinajstić information content (AvgIpc) is 2.94. The highest BCUT2D eigenvalue weighted by molar-refractivity contribution is 9.10. The van der Waals surface area contributed by atoms with Gasteiger partial charge in [0.15, 0.2) is 11.6 Å². The Morgan fingerprint density at radius 3 is 2.60 bits per heavy atom. The van der Waals surface area contributed by atoms with Crippen LogP contribution in [0.2, 0.25) is 0 Å². The first kappa shape index (κ1) is 10.5. The highest BCUT2D eigenvalue weighted by atomic mass is 79.9. The van der Waals surface area contributed by atoms with Crippen molar-refractivity contribution in [2.45, 2.75) is 12.3 Å². The molecule has 0 unspecified atom stereocenters. The minimum absolute atomic E-state index is 0.0521. The van der Waals surface area contributed by atoms with Crippen LogP contribution in [0.3, 0.4) is 0 Å². The fourth-order valence-corrected chi connectivity index (χ4v) is 1.95. The highest BCUT2D eigenvalue weighted by Gasteiger charge is 2.45. The van der Waals surface area contributed by atoms with Crippen molar-refractivity contribution in [1.29, 1.82) is 0 Å². The van der Waals surface area contributed by atoms with Gasteiger partial charge in [0.1, 0.15) is 0 Å². The molecule has 1 fully saturated rings. The molecule has 1 aliphatic carbocycles. The number of benzene rings is 1. The number of hydrogen-bond acceptors (Lipinski definition) is 1. The first-order valence-electron chi connectivity index (χ1n) is 4.38. The molecule has 5 heteroatoms. The SMILES string of the molecule is O=C(O)[C@@H]1C[C@H]1c1ccc(Br)c(F)c1F. The largest absolute Gasteiger partial charge is 0.481 e.